The molecule has 0 spiro atoms. The van der Waals surface area contributed by atoms with Crippen molar-refractivity contribution in [2.75, 3.05) is 5.43 Å². The van der Waals surface area contributed by atoms with Crippen LogP contribution in [0.15, 0.2) is 24.3 Å². The maximum Gasteiger partial charge on any atom is 0.573 e. The lowest BCUT2D eigenvalue weighted by Gasteiger charge is -2.11. The molecule has 2 aromatic rings. The average molecular weight is 298 g/mol. The molecule has 0 unspecified atom stereocenters. The van der Waals surface area contributed by atoms with Crippen molar-refractivity contribution in [1.82, 2.24) is 9.97 Å². The van der Waals surface area contributed by atoms with E-state index in [9.17, 15) is 13.2 Å². The number of hydrazine groups is 1. The van der Waals surface area contributed by atoms with Crippen LogP contribution in [-0.2, 0) is 0 Å². The minimum Gasteiger partial charge on any atom is -0.406 e. The first-order valence-electron chi connectivity index (χ1n) is 5.98. The number of halogens is 3. The van der Waals surface area contributed by atoms with Gasteiger partial charge in [-0.05, 0) is 26.0 Å². The standard InChI is InChI=1S/C13H13F3N4O/c1-7-8(2)18-12(19-11(7)20-17)9-4-3-5-10(6-9)21-13(14,15)16/h3-6H,17H2,1-2H3,(H,18,19,20). The van der Waals surface area contributed by atoms with Gasteiger partial charge in [0.15, 0.2) is 5.82 Å². The van der Waals surface area contributed by atoms with E-state index in [1.54, 1.807) is 19.9 Å². The van der Waals surface area contributed by atoms with Gasteiger partial charge in [-0.3, -0.25) is 0 Å². The molecular formula is C13H13F3N4O. The highest BCUT2D eigenvalue weighted by Gasteiger charge is 2.31. The molecule has 5 nitrogen and oxygen atoms in total. The van der Waals surface area contributed by atoms with Gasteiger partial charge in [-0.25, -0.2) is 15.8 Å². The molecule has 1 aromatic carbocycles. The Morgan fingerprint density at radius 1 is 1.19 bits per heavy atom. The van der Waals surface area contributed by atoms with Crippen LogP contribution in [0.3, 0.4) is 0 Å². The molecule has 0 aliphatic heterocycles. The van der Waals surface area contributed by atoms with Gasteiger partial charge in [0.05, 0.1) is 0 Å². The molecule has 0 saturated carbocycles. The predicted molar refractivity (Wildman–Crippen MR) is 71.4 cm³/mol. The largest absolute Gasteiger partial charge is 0.573 e. The number of aryl methyl sites for hydroxylation is 1. The van der Waals surface area contributed by atoms with Crippen LogP contribution in [0.5, 0.6) is 5.75 Å². The van der Waals surface area contributed by atoms with Crippen molar-refractivity contribution in [3.8, 4) is 17.1 Å². The Balaban J connectivity index is 2.43. The number of nitrogen functional groups attached to an aromatic ring is 1. The van der Waals surface area contributed by atoms with Crippen molar-refractivity contribution >= 4 is 5.82 Å². The van der Waals surface area contributed by atoms with Gasteiger partial charge >= 0.3 is 6.36 Å². The summed E-state index contributed by atoms with van der Waals surface area (Å²) in [5.41, 5.74) is 4.28. The van der Waals surface area contributed by atoms with Crippen LogP contribution in [-0.4, -0.2) is 16.3 Å². The Morgan fingerprint density at radius 3 is 2.52 bits per heavy atom. The zero-order valence-corrected chi connectivity index (χ0v) is 11.3. The molecule has 0 fully saturated rings. The number of nitrogens with zero attached hydrogens (tertiary/aromatic N) is 2. The van der Waals surface area contributed by atoms with Crippen molar-refractivity contribution < 1.29 is 17.9 Å². The number of rotatable bonds is 3. The molecule has 8 heteroatoms. The fourth-order valence-corrected chi connectivity index (χ4v) is 1.73. The fraction of sp³-hybridized carbons (Fsp3) is 0.231. The van der Waals surface area contributed by atoms with Crippen molar-refractivity contribution in [1.29, 1.82) is 0 Å². The highest BCUT2D eigenvalue weighted by atomic mass is 19.4. The zero-order valence-electron chi connectivity index (χ0n) is 11.3. The summed E-state index contributed by atoms with van der Waals surface area (Å²) in [6.07, 6.45) is -4.74. The third kappa shape index (κ3) is 3.60. The summed E-state index contributed by atoms with van der Waals surface area (Å²) in [6.45, 7) is 3.55. The first-order chi connectivity index (χ1) is 9.80. The number of hydrogen-bond donors (Lipinski definition) is 2. The smallest absolute Gasteiger partial charge is 0.406 e. The van der Waals surface area contributed by atoms with Gasteiger partial charge in [-0.1, -0.05) is 12.1 Å². The Kier molecular flexibility index (Phi) is 3.99. The lowest BCUT2D eigenvalue weighted by Crippen LogP contribution is -2.17. The second-order valence-electron chi connectivity index (χ2n) is 4.33. The molecule has 0 atom stereocenters. The summed E-state index contributed by atoms with van der Waals surface area (Å²) in [7, 11) is 0. The Hall–Kier alpha value is -2.35. The van der Waals surface area contributed by atoms with Crippen LogP contribution in [0.4, 0.5) is 19.0 Å². The topological polar surface area (TPSA) is 73.1 Å². The summed E-state index contributed by atoms with van der Waals surface area (Å²) >= 11 is 0. The summed E-state index contributed by atoms with van der Waals surface area (Å²) < 4.78 is 40.6. The molecule has 0 saturated heterocycles. The summed E-state index contributed by atoms with van der Waals surface area (Å²) in [5.74, 6) is 5.72. The lowest BCUT2D eigenvalue weighted by atomic mass is 10.1. The monoisotopic (exact) mass is 298 g/mol. The van der Waals surface area contributed by atoms with Gasteiger partial charge in [-0.2, -0.15) is 0 Å². The van der Waals surface area contributed by atoms with Crippen LogP contribution in [0.25, 0.3) is 11.4 Å². The summed E-state index contributed by atoms with van der Waals surface area (Å²) in [4.78, 5) is 8.42. The van der Waals surface area contributed by atoms with Gasteiger partial charge < -0.3 is 10.2 Å². The van der Waals surface area contributed by atoms with Gasteiger partial charge in [0, 0.05) is 16.8 Å². The second kappa shape index (κ2) is 5.57. The highest BCUT2D eigenvalue weighted by Crippen LogP contribution is 2.27. The number of anilines is 1. The number of alkyl halides is 3. The van der Waals surface area contributed by atoms with Crippen LogP contribution < -0.4 is 16.0 Å². The fourth-order valence-electron chi connectivity index (χ4n) is 1.73. The first kappa shape index (κ1) is 15.0. The third-order valence-corrected chi connectivity index (χ3v) is 2.85. The molecule has 0 radical (unpaired) electrons. The zero-order chi connectivity index (χ0) is 15.6. The molecule has 0 aliphatic carbocycles. The van der Waals surface area contributed by atoms with Crippen molar-refractivity contribution in [3.63, 3.8) is 0 Å². The molecule has 112 valence electrons. The molecule has 0 bridgehead atoms. The summed E-state index contributed by atoms with van der Waals surface area (Å²) in [6, 6.07) is 5.45. The number of benzene rings is 1. The van der Waals surface area contributed by atoms with E-state index in [-0.39, 0.29) is 11.6 Å². The Morgan fingerprint density at radius 2 is 1.90 bits per heavy atom. The van der Waals surface area contributed by atoms with Gasteiger partial charge in [0.25, 0.3) is 0 Å². The normalized spacial score (nSPS) is 11.3. The second-order valence-corrected chi connectivity index (χ2v) is 4.33. The number of nitrogens with two attached hydrogens (primary N) is 1. The van der Waals surface area contributed by atoms with Crippen LogP contribution in [0.1, 0.15) is 11.3 Å². The number of hydrogen-bond acceptors (Lipinski definition) is 5. The summed E-state index contributed by atoms with van der Waals surface area (Å²) in [5, 5.41) is 0. The number of ether oxygens (including phenoxy) is 1. The van der Waals surface area contributed by atoms with E-state index >= 15 is 0 Å². The van der Waals surface area contributed by atoms with E-state index in [1.807, 2.05) is 0 Å². The van der Waals surface area contributed by atoms with Crippen LogP contribution >= 0.6 is 0 Å². The minimum absolute atomic E-state index is 0.263. The molecule has 2 rings (SSSR count). The van der Waals surface area contributed by atoms with Gasteiger partial charge in [0.2, 0.25) is 0 Å². The Labute approximate surface area is 118 Å². The molecular weight excluding hydrogens is 285 g/mol. The number of aromatic nitrogens is 2. The maximum absolute atomic E-state index is 12.2. The number of nitrogens with one attached hydrogen (secondary N) is 1. The first-order valence-corrected chi connectivity index (χ1v) is 5.98. The van der Waals surface area contributed by atoms with Crippen LogP contribution in [0.2, 0.25) is 0 Å². The van der Waals surface area contributed by atoms with E-state index in [1.165, 1.54) is 18.2 Å². The lowest BCUT2D eigenvalue weighted by molar-refractivity contribution is -0.274. The van der Waals surface area contributed by atoms with E-state index in [2.05, 4.69) is 20.1 Å². The average Bonchev–Trinajstić information content (AvgIpc) is 2.40. The molecule has 21 heavy (non-hydrogen) atoms. The van der Waals surface area contributed by atoms with E-state index in [4.69, 9.17) is 5.84 Å². The molecule has 0 aliphatic rings. The third-order valence-electron chi connectivity index (χ3n) is 2.85. The van der Waals surface area contributed by atoms with E-state index in [0.29, 0.717) is 17.1 Å². The highest BCUT2D eigenvalue weighted by molar-refractivity contribution is 5.61. The van der Waals surface area contributed by atoms with Crippen molar-refractivity contribution in [2.24, 2.45) is 5.84 Å². The molecule has 0 amide bonds. The Bertz CT molecular complexity index is 658. The molecule has 3 N–H and O–H groups in total. The van der Waals surface area contributed by atoms with Crippen molar-refractivity contribution in [2.45, 2.75) is 20.2 Å². The van der Waals surface area contributed by atoms with Crippen molar-refractivity contribution in [3.05, 3.63) is 35.5 Å². The SMILES string of the molecule is Cc1nc(-c2cccc(OC(F)(F)F)c2)nc(NN)c1C. The predicted octanol–water partition coefficient (Wildman–Crippen LogP) is 2.94. The minimum atomic E-state index is -4.74. The van der Waals surface area contributed by atoms with E-state index < -0.39 is 6.36 Å². The van der Waals surface area contributed by atoms with Crippen LogP contribution in [0, 0.1) is 13.8 Å². The van der Waals surface area contributed by atoms with E-state index in [0.717, 1.165) is 5.56 Å². The maximum atomic E-state index is 12.2. The van der Waals surface area contributed by atoms with Gasteiger partial charge in [0.1, 0.15) is 11.6 Å². The molecule has 1 heterocycles. The molecule has 1 aromatic heterocycles. The quantitative estimate of drug-likeness (QED) is 0.673. The van der Waals surface area contributed by atoms with Gasteiger partial charge in [-0.15, -0.1) is 13.2 Å².